The molecule has 0 heterocycles. The molecule has 2 N–H and O–H groups in total. The number of carbonyl (C=O) groups is 3. The molecule has 126 valence electrons. The fourth-order valence-corrected chi connectivity index (χ4v) is 2.25. The second-order valence-electron chi connectivity index (χ2n) is 6.11. The molecule has 2 unspecified atom stereocenters. The molecule has 2 atom stereocenters. The number of Topliss-reactive ketones (excluding diaryl/α,β-unsaturated/α-hetero) is 1. The summed E-state index contributed by atoms with van der Waals surface area (Å²) in [6.45, 7) is 6.83. The number of benzene rings is 1. The Bertz CT molecular complexity index is 597. The van der Waals surface area contributed by atoms with Gasteiger partial charge in [0.15, 0.2) is 5.78 Å². The summed E-state index contributed by atoms with van der Waals surface area (Å²) in [6.07, 6.45) is -0.621. The molecule has 0 bridgehead atoms. The van der Waals surface area contributed by atoms with Crippen LogP contribution in [0.4, 0.5) is 0 Å². The summed E-state index contributed by atoms with van der Waals surface area (Å²) in [5.41, 5.74) is -0.459. The minimum absolute atomic E-state index is 0.240. The van der Waals surface area contributed by atoms with Crippen LogP contribution in [-0.2, 0) is 14.4 Å². The zero-order valence-corrected chi connectivity index (χ0v) is 14.5. The van der Waals surface area contributed by atoms with Gasteiger partial charge in [0.05, 0.1) is 11.5 Å². The Morgan fingerprint density at radius 2 is 1.70 bits per heavy atom. The Kier molecular flexibility index (Phi) is 6.33. The molecule has 23 heavy (non-hydrogen) atoms. The first-order valence-electron chi connectivity index (χ1n) is 7.40. The number of rotatable bonds is 7. The summed E-state index contributed by atoms with van der Waals surface area (Å²) in [5, 5.41) is 12.1. The predicted molar refractivity (Wildman–Crippen MR) is 88.5 cm³/mol. The molecule has 1 aromatic carbocycles. The lowest BCUT2D eigenvalue weighted by Crippen LogP contribution is -2.57. The Morgan fingerprint density at radius 1 is 1.17 bits per heavy atom. The Labute approximate surface area is 141 Å². The van der Waals surface area contributed by atoms with E-state index in [-0.39, 0.29) is 11.8 Å². The van der Waals surface area contributed by atoms with E-state index < -0.39 is 29.6 Å². The van der Waals surface area contributed by atoms with Crippen molar-refractivity contribution in [2.75, 3.05) is 0 Å². The van der Waals surface area contributed by atoms with Gasteiger partial charge in [0.2, 0.25) is 5.91 Å². The van der Waals surface area contributed by atoms with Gasteiger partial charge in [0.25, 0.3) is 0 Å². The van der Waals surface area contributed by atoms with Gasteiger partial charge in [-0.1, -0.05) is 37.6 Å². The van der Waals surface area contributed by atoms with E-state index in [9.17, 15) is 14.4 Å². The van der Waals surface area contributed by atoms with Gasteiger partial charge in [0, 0.05) is 5.02 Å². The molecule has 0 saturated heterocycles. The molecule has 1 aromatic rings. The lowest BCUT2D eigenvalue weighted by molar-refractivity contribution is -0.144. The molecule has 6 heteroatoms. The maximum Gasteiger partial charge on any atom is 0.310 e. The van der Waals surface area contributed by atoms with E-state index in [1.54, 1.807) is 52.0 Å². The molecule has 0 aromatic heterocycles. The van der Waals surface area contributed by atoms with Crippen molar-refractivity contribution >= 4 is 29.3 Å². The van der Waals surface area contributed by atoms with Gasteiger partial charge < -0.3 is 10.4 Å². The zero-order valence-electron chi connectivity index (χ0n) is 13.7. The summed E-state index contributed by atoms with van der Waals surface area (Å²) < 4.78 is 0. The van der Waals surface area contributed by atoms with Crippen LogP contribution in [0.25, 0.3) is 0 Å². The highest BCUT2D eigenvalue weighted by molar-refractivity contribution is 6.30. The molecule has 0 aliphatic carbocycles. The maximum atomic E-state index is 12.5. The number of aliphatic carboxylic acids is 1. The lowest BCUT2D eigenvalue weighted by Gasteiger charge is -2.34. The van der Waals surface area contributed by atoms with Crippen LogP contribution < -0.4 is 5.32 Å². The number of carboxylic acid groups (broad SMARTS) is 1. The average molecular weight is 340 g/mol. The topological polar surface area (TPSA) is 83.5 Å². The van der Waals surface area contributed by atoms with Gasteiger partial charge >= 0.3 is 5.97 Å². The van der Waals surface area contributed by atoms with E-state index in [0.717, 1.165) is 5.56 Å². The van der Waals surface area contributed by atoms with E-state index in [2.05, 4.69) is 5.32 Å². The summed E-state index contributed by atoms with van der Waals surface area (Å²) in [4.78, 5) is 35.5. The largest absolute Gasteiger partial charge is 0.481 e. The van der Waals surface area contributed by atoms with Crippen LogP contribution in [0.3, 0.4) is 0 Å². The van der Waals surface area contributed by atoms with Crippen LogP contribution in [0.2, 0.25) is 5.02 Å². The van der Waals surface area contributed by atoms with Crippen LogP contribution in [0.15, 0.2) is 24.3 Å². The number of hydrogen-bond donors (Lipinski definition) is 2. The van der Waals surface area contributed by atoms with Crippen molar-refractivity contribution in [3.63, 3.8) is 0 Å². The van der Waals surface area contributed by atoms with Crippen molar-refractivity contribution in [1.29, 1.82) is 0 Å². The number of nitrogens with one attached hydrogen (secondary N) is 1. The number of ketones is 1. The molecule has 0 spiro atoms. The van der Waals surface area contributed by atoms with Gasteiger partial charge in [-0.25, -0.2) is 0 Å². The molecular weight excluding hydrogens is 318 g/mol. The van der Waals surface area contributed by atoms with Crippen molar-refractivity contribution in [2.24, 2.45) is 5.92 Å². The minimum Gasteiger partial charge on any atom is -0.481 e. The van der Waals surface area contributed by atoms with E-state index in [1.165, 1.54) is 0 Å². The first kappa shape index (κ1) is 19.2. The molecule has 1 rings (SSSR count). The molecule has 0 radical (unpaired) electrons. The Morgan fingerprint density at radius 3 is 2.13 bits per heavy atom. The number of halogens is 1. The smallest absolute Gasteiger partial charge is 0.310 e. The fourth-order valence-electron chi connectivity index (χ4n) is 2.12. The Hall–Kier alpha value is -1.88. The number of hydrogen-bond acceptors (Lipinski definition) is 3. The van der Waals surface area contributed by atoms with Gasteiger partial charge in [-0.3, -0.25) is 14.4 Å². The normalized spacial score (nSPS) is 14.9. The quantitative estimate of drug-likeness (QED) is 0.748. The maximum absolute atomic E-state index is 12.5. The van der Waals surface area contributed by atoms with Crippen molar-refractivity contribution in [3.05, 3.63) is 34.9 Å². The number of carbonyl (C=O) groups excluding carboxylic acids is 2. The van der Waals surface area contributed by atoms with E-state index in [0.29, 0.717) is 5.02 Å². The predicted octanol–water partition coefficient (Wildman–Crippen LogP) is 3.02. The lowest BCUT2D eigenvalue weighted by atomic mass is 9.82. The van der Waals surface area contributed by atoms with Gasteiger partial charge in [0.1, 0.15) is 6.42 Å². The molecule has 1 amide bonds. The van der Waals surface area contributed by atoms with Crippen molar-refractivity contribution in [2.45, 2.75) is 45.6 Å². The highest BCUT2D eigenvalue weighted by Gasteiger charge is 2.39. The molecular formula is C17H22ClNO4. The van der Waals surface area contributed by atoms with Crippen molar-refractivity contribution in [1.82, 2.24) is 5.32 Å². The molecule has 0 aliphatic rings. The minimum atomic E-state index is -1.23. The summed E-state index contributed by atoms with van der Waals surface area (Å²) in [5.74, 6) is -2.78. The number of amides is 1. The van der Waals surface area contributed by atoms with Crippen LogP contribution in [0, 0.1) is 5.92 Å². The molecule has 5 nitrogen and oxygen atoms in total. The summed E-state index contributed by atoms with van der Waals surface area (Å²) >= 11 is 5.83. The highest BCUT2D eigenvalue weighted by Crippen LogP contribution is 2.23. The summed E-state index contributed by atoms with van der Waals surface area (Å²) in [7, 11) is 0. The molecule has 0 fully saturated rings. The fraction of sp³-hybridized carbons (Fsp3) is 0.471. The SMILES string of the molecule is CC(C(=O)NC(C)(C(=O)CC(=O)O)C(C)C)c1ccc(Cl)cc1. The third kappa shape index (κ3) is 4.79. The number of carboxylic acids is 1. The third-order valence-electron chi connectivity index (χ3n) is 4.19. The first-order valence-corrected chi connectivity index (χ1v) is 7.78. The van der Waals surface area contributed by atoms with Crippen LogP contribution in [-0.4, -0.2) is 28.3 Å². The van der Waals surface area contributed by atoms with Crippen LogP contribution in [0.1, 0.15) is 45.6 Å². The van der Waals surface area contributed by atoms with Gasteiger partial charge in [-0.15, -0.1) is 0 Å². The van der Waals surface area contributed by atoms with Crippen LogP contribution >= 0.6 is 11.6 Å². The second-order valence-corrected chi connectivity index (χ2v) is 6.55. The van der Waals surface area contributed by atoms with E-state index in [1.807, 2.05) is 0 Å². The monoisotopic (exact) mass is 339 g/mol. The summed E-state index contributed by atoms with van der Waals surface area (Å²) in [6, 6.07) is 6.88. The van der Waals surface area contributed by atoms with E-state index in [4.69, 9.17) is 16.7 Å². The highest BCUT2D eigenvalue weighted by atomic mass is 35.5. The van der Waals surface area contributed by atoms with E-state index >= 15 is 0 Å². The van der Waals surface area contributed by atoms with Crippen molar-refractivity contribution in [3.8, 4) is 0 Å². The first-order chi connectivity index (χ1) is 10.6. The van der Waals surface area contributed by atoms with Crippen molar-refractivity contribution < 1.29 is 19.5 Å². The molecule has 0 saturated carbocycles. The second kappa shape index (κ2) is 7.59. The standard InChI is InChI=1S/C17H22ClNO4/c1-10(2)17(4,14(20)9-15(21)22)19-16(23)11(3)12-5-7-13(18)8-6-12/h5-8,10-11H,9H2,1-4H3,(H,19,23)(H,21,22). The molecule has 0 aliphatic heterocycles. The van der Waals surface area contributed by atoms with Gasteiger partial charge in [-0.2, -0.15) is 0 Å². The zero-order chi connectivity index (χ0) is 17.8. The van der Waals surface area contributed by atoms with Gasteiger partial charge in [-0.05, 0) is 37.5 Å². The average Bonchev–Trinajstić information content (AvgIpc) is 2.46. The van der Waals surface area contributed by atoms with Crippen LogP contribution in [0.5, 0.6) is 0 Å². The Balaban J connectivity index is 2.95. The third-order valence-corrected chi connectivity index (χ3v) is 4.44.